The minimum atomic E-state index is -1.74. The SMILES string of the molecule is COC(=O)C1=C(CS(=O)c2ccc([NH+]([O-])O)cc2[NH+]([O-])O)C2C=CC1C2. The lowest BCUT2D eigenvalue weighted by molar-refractivity contribution is -0.997. The van der Waals surface area contributed by atoms with Crippen molar-refractivity contribution in [3.05, 3.63) is 51.9 Å². The number of methoxy groups -OCH3 is 1. The summed E-state index contributed by atoms with van der Waals surface area (Å²) < 4.78 is 17.6. The van der Waals surface area contributed by atoms with Crippen molar-refractivity contribution in [3.8, 4) is 0 Å². The average molecular weight is 382 g/mol. The molecule has 0 radical (unpaired) electrons. The van der Waals surface area contributed by atoms with Gasteiger partial charge in [-0.25, -0.2) is 15.2 Å². The van der Waals surface area contributed by atoms with Gasteiger partial charge in [-0.3, -0.25) is 4.21 Å². The van der Waals surface area contributed by atoms with Crippen LogP contribution in [0.25, 0.3) is 0 Å². The zero-order valence-corrected chi connectivity index (χ0v) is 14.6. The fraction of sp³-hybridized carbons (Fsp3) is 0.312. The third kappa shape index (κ3) is 3.35. The third-order valence-corrected chi connectivity index (χ3v) is 6.06. The standard InChI is InChI=1S/C16H18N2O7S/c1-25-16(19)15-10-3-2-9(6-10)12(15)8-26(24)14-5-4-11(17(20)21)7-13(14)18(22)23/h2-5,7,9-10,17-18,20,22H,6,8H2,1H3. The van der Waals surface area contributed by atoms with E-state index in [-0.39, 0.29) is 33.9 Å². The number of carbonyl (C=O) groups excluding carboxylic acids is 1. The Morgan fingerprint density at radius 3 is 2.58 bits per heavy atom. The molecule has 2 aliphatic rings. The Morgan fingerprint density at radius 2 is 1.96 bits per heavy atom. The first-order valence-electron chi connectivity index (χ1n) is 7.82. The van der Waals surface area contributed by atoms with Crippen LogP contribution >= 0.6 is 0 Å². The van der Waals surface area contributed by atoms with E-state index in [1.807, 2.05) is 12.2 Å². The van der Waals surface area contributed by atoms with Crippen LogP contribution in [-0.2, 0) is 20.3 Å². The molecule has 4 N–H and O–H groups in total. The number of rotatable bonds is 6. The van der Waals surface area contributed by atoms with Crippen molar-refractivity contribution >= 4 is 28.1 Å². The van der Waals surface area contributed by atoms with Gasteiger partial charge in [0, 0.05) is 23.5 Å². The molecular weight excluding hydrogens is 364 g/mol. The second-order valence-electron chi connectivity index (χ2n) is 6.08. The summed E-state index contributed by atoms with van der Waals surface area (Å²) in [6, 6.07) is 3.47. The summed E-state index contributed by atoms with van der Waals surface area (Å²) in [4.78, 5) is 12.1. The second-order valence-corrected chi connectivity index (χ2v) is 7.49. The smallest absolute Gasteiger partial charge is 0.334 e. The monoisotopic (exact) mass is 382 g/mol. The van der Waals surface area contributed by atoms with Crippen LogP contribution in [0.4, 0.5) is 11.4 Å². The zero-order chi connectivity index (χ0) is 19.0. The summed E-state index contributed by atoms with van der Waals surface area (Å²) in [5.41, 5.74) is 0.677. The molecule has 0 saturated heterocycles. The Morgan fingerprint density at radius 1 is 1.27 bits per heavy atom. The minimum absolute atomic E-state index is 0.00262. The van der Waals surface area contributed by atoms with Gasteiger partial charge in [-0.05, 0) is 18.1 Å². The van der Waals surface area contributed by atoms with Gasteiger partial charge in [-0.1, -0.05) is 12.2 Å². The number of hydrogen-bond acceptors (Lipinski definition) is 7. The van der Waals surface area contributed by atoms with E-state index in [0.717, 1.165) is 12.5 Å². The first-order valence-corrected chi connectivity index (χ1v) is 9.14. The molecule has 0 aromatic heterocycles. The molecule has 0 spiro atoms. The van der Waals surface area contributed by atoms with E-state index in [1.165, 1.54) is 19.2 Å². The number of ether oxygens (including phenoxy) is 1. The molecule has 1 aromatic carbocycles. The highest BCUT2D eigenvalue weighted by Crippen LogP contribution is 2.44. The minimum Gasteiger partial charge on any atom is -0.595 e. The Bertz CT molecular complexity index is 819. The van der Waals surface area contributed by atoms with Crippen LogP contribution in [-0.4, -0.2) is 33.5 Å². The Labute approximate surface area is 151 Å². The Kier molecular flexibility index (Phi) is 5.34. The highest BCUT2D eigenvalue weighted by atomic mass is 32.2. The van der Waals surface area contributed by atoms with Crippen LogP contribution in [0.5, 0.6) is 0 Å². The number of esters is 1. The molecule has 26 heavy (non-hydrogen) atoms. The van der Waals surface area contributed by atoms with Crippen LogP contribution in [0, 0.1) is 22.3 Å². The summed E-state index contributed by atoms with van der Waals surface area (Å²) >= 11 is 0. The van der Waals surface area contributed by atoms with E-state index < -0.39 is 27.2 Å². The maximum absolute atomic E-state index is 12.8. The maximum atomic E-state index is 12.8. The molecule has 0 saturated carbocycles. The van der Waals surface area contributed by atoms with Crippen molar-refractivity contribution in [2.75, 3.05) is 12.9 Å². The number of quaternary nitrogens is 2. The first kappa shape index (κ1) is 18.9. The number of hydrogen-bond donors (Lipinski definition) is 4. The van der Waals surface area contributed by atoms with Crippen molar-refractivity contribution < 1.29 is 34.6 Å². The van der Waals surface area contributed by atoms with Gasteiger partial charge >= 0.3 is 5.97 Å². The van der Waals surface area contributed by atoms with E-state index in [1.54, 1.807) is 0 Å². The highest BCUT2D eigenvalue weighted by molar-refractivity contribution is 7.85. The third-order valence-electron chi connectivity index (χ3n) is 4.64. The molecule has 10 heteroatoms. The van der Waals surface area contributed by atoms with E-state index in [0.29, 0.717) is 11.1 Å². The number of benzene rings is 1. The number of fused-ring (bicyclic) bond motifs is 2. The molecule has 5 unspecified atom stereocenters. The summed E-state index contributed by atoms with van der Waals surface area (Å²) in [5, 5.41) is 38.2. The molecule has 1 aromatic rings. The van der Waals surface area contributed by atoms with Crippen LogP contribution in [0.15, 0.2) is 46.4 Å². The molecule has 3 rings (SSSR count). The average Bonchev–Trinajstić information content (AvgIpc) is 3.21. The topological polar surface area (TPSA) is 139 Å². The summed E-state index contributed by atoms with van der Waals surface area (Å²) in [6.07, 6.45) is 4.60. The van der Waals surface area contributed by atoms with Crippen molar-refractivity contribution in [2.45, 2.75) is 11.3 Å². The molecule has 0 aliphatic heterocycles. The van der Waals surface area contributed by atoms with Gasteiger partial charge in [0.15, 0.2) is 11.4 Å². The molecule has 140 valence electrons. The van der Waals surface area contributed by atoms with Crippen molar-refractivity contribution in [2.24, 2.45) is 11.8 Å². The van der Waals surface area contributed by atoms with Crippen LogP contribution < -0.4 is 10.5 Å². The fourth-order valence-corrected chi connectivity index (χ4v) is 4.85. The van der Waals surface area contributed by atoms with Gasteiger partial charge in [0.25, 0.3) is 0 Å². The lowest BCUT2D eigenvalue weighted by Crippen LogP contribution is -3.01. The molecule has 0 heterocycles. The van der Waals surface area contributed by atoms with Crippen molar-refractivity contribution in [1.82, 2.24) is 0 Å². The van der Waals surface area contributed by atoms with Crippen LogP contribution in [0.2, 0.25) is 0 Å². The van der Waals surface area contributed by atoms with Gasteiger partial charge in [-0.15, -0.1) is 0 Å². The predicted molar refractivity (Wildman–Crippen MR) is 89.0 cm³/mol. The van der Waals surface area contributed by atoms with E-state index >= 15 is 0 Å². The van der Waals surface area contributed by atoms with Gasteiger partial charge in [0.2, 0.25) is 0 Å². The number of nitrogens with one attached hydrogen (secondary N) is 2. The van der Waals surface area contributed by atoms with Gasteiger partial charge < -0.3 is 15.2 Å². The van der Waals surface area contributed by atoms with Crippen molar-refractivity contribution in [1.29, 1.82) is 0 Å². The van der Waals surface area contributed by atoms with Gasteiger partial charge in [0.1, 0.15) is 4.90 Å². The second kappa shape index (κ2) is 7.37. The number of allylic oxidation sites excluding steroid dienone is 2. The van der Waals surface area contributed by atoms with Crippen LogP contribution in [0.1, 0.15) is 6.42 Å². The molecule has 0 fully saturated rings. The lowest BCUT2D eigenvalue weighted by Gasteiger charge is -2.19. The molecule has 2 aliphatic carbocycles. The highest BCUT2D eigenvalue weighted by Gasteiger charge is 2.39. The normalized spacial score (nSPS) is 24.7. The molecule has 9 nitrogen and oxygen atoms in total. The maximum Gasteiger partial charge on any atom is 0.334 e. The van der Waals surface area contributed by atoms with Gasteiger partial charge in [0.05, 0.1) is 29.7 Å². The first-order chi connectivity index (χ1) is 12.3. The largest absolute Gasteiger partial charge is 0.595 e. The molecule has 5 atom stereocenters. The summed E-state index contributed by atoms with van der Waals surface area (Å²) in [5.74, 6) is -0.534. The number of carbonyl (C=O) groups is 1. The Hall–Kier alpha value is -1.92. The fourth-order valence-electron chi connectivity index (χ4n) is 3.43. The molecule has 0 amide bonds. The van der Waals surface area contributed by atoms with Crippen molar-refractivity contribution in [3.63, 3.8) is 0 Å². The van der Waals surface area contributed by atoms with E-state index in [4.69, 9.17) is 9.94 Å². The summed E-state index contributed by atoms with van der Waals surface area (Å²) in [7, 11) is -0.457. The Balaban J connectivity index is 1.93. The quantitative estimate of drug-likeness (QED) is 0.289. The molecular formula is C16H18N2O7S. The zero-order valence-electron chi connectivity index (χ0n) is 13.8. The summed E-state index contributed by atoms with van der Waals surface area (Å²) in [6.45, 7) is 0. The predicted octanol–water partition coefficient (Wildman–Crippen LogP) is -0.723. The molecule has 2 bridgehead atoms. The van der Waals surface area contributed by atoms with E-state index in [2.05, 4.69) is 0 Å². The lowest BCUT2D eigenvalue weighted by atomic mass is 9.98. The van der Waals surface area contributed by atoms with Gasteiger partial charge in [-0.2, -0.15) is 10.5 Å². The van der Waals surface area contributed by atoms with E-state index in [9.17, 15) is 24.6 Å². The van der Waals surface area contributed by atoms with Crippen LogP contribution in [0.3, 0.4) is 0 Å².